The van der Waals surface area contributed by atoms with Gasteiger partial charge in [-0.15, -0.1) is 0 Å². The monoisotopic (exact) mass is 312 g/mol. The van der Waals surface area contributed by atoms with E-state index in [0.29, 0.717) is 17.2 Å². The van der Waals surface area contributed by atoms with Crippen molar-refractivity contribution in [3.63, 3.8) is 0 Å². The van der Waals surface area contributed by atoms with Crippen LogP contribution in [0.1, 0.15) is 40.7 Å². The molecule has 5 heteroatoms. The van der Waals surface area contributed by atoms with E-state index in [-0.39, 0.29) is 23.6 Å². The van der Waals surface area contributed by atoms with Crippen molar-refractivity contribution in [1.82, 2.24) is 4.90 Å². The molecule has 1 aliphatic carbocycles. The largest absolute Gasteiger partial charge is 0.459 e. The SMILES string of the molecule is C[C@@H](C1CC1)N(C)C(=O)c1ccc(NC(=O)c2ccco2)cc1. The zero-order valence-corrected chi connectivity index (χ0v) is 13.3. The Morgan fingerprint density at radius 3 is 2.48 bits per heavy atom. The van der Waals surface area contributed by atoms with E-state index in [1.165, 1.54) is 19.1 Å². The van der Waals surface area contributed by atoms with Crippen molar-refractivity contribution in [2.75, 3.05) is 12.4 Å². The van der Waals surface area contributed by atoms with Crippen molar-refractivity contribution in [2.24, 2.45) is 5.92 Å². The molecular formula is C18H20N2O3. The van der Waals surface area contributed by atoms with Gasteiger partial charge >= 0.3 is 0 Å². The Labute approximate surface area is 135 Å². The normalized spacial score (nSPS) is 15.0. The van der Waals surface area contributed by atoms with Gasteiger partial charge in [0, 0.05) is 24.3 Å². The summed E-state index contributed by atoms with van der Waals surface area (Å²) in [4.78, 5) is 26.2. The Hall–Kier alpha value is -2.56. The number of nitrogens with zero attached hydrogens (tertiary/aromatic N) is 1. The van der Waals surface area contributed by atoms with Gasteiger partial charge in [0.1, 0.15) is 0 Å². The van der Waals surface area contributed by atoms with Crippen LogP contribution in [0.25, 0.3) is 0 Å². The fraction of sp³-hybridized carbons (Fsp3) is 0.333. The lowest BCUT2D eigenvalue weighted by Crippen LogP contribution is -2.36. The molecule has 1 heterocycles. The lowest BCUT2D eigenvalue weighted by molar-refractivity contribution is 0.0727. The van der Waals surface area contributed by atoms with Crippen molar-refractivity contribution in [2.45, 2.75) is 25.8 Å². The van der Waals surface area contributed by atoms with Crippen LogP contribution in [0.4, 0.5) is 5.69 Å². The summed E-state index contributed by atoms with van der Waals surface area (Å²) in [5.74, 6) is 0.584. The van der Waals surface area contributed by atoms with E-state index < -0.39 is 0 Å². The minimum absolute atomic E-state index is 0.00770. The minimum atomic E-state index is -0.312. The van der Waals surface area contributed by atoms with Gasteiger partial charge in [-0.25, -0.2) is 0 Å². The highest BCUT2D eigenvalue weighted by Crippen LogP contribution is 2.35. The van der Waals surface area contributed by atoms with Crippen LogP contribution in [-0.2, 0) is 0 Å². The van der Waals surface area contributed by atoms with Gasteiger partial charge < -0.3 is 14.6 Å². The standard InChI is InChI=1S/C18H20N2O3/c1-12(13-5-6-13)20(2)18(22)14-7-9-15(10-8-14)19-17(21)16-4-3-11-23-16/h3-4,7-13H,5-6H2,1-2H3,(H,19,21)/t12-/m0/s1. The molecule has 1 N–H and O–H groups in total. The molecule has 0 aliphatic heterocycles. The Bertz CT molecular complexity index is 688. The minimum Gasteiger partial charge on any atom is -0.459 e. The number of carbonyl (C=O) groups is 2. The molecule has 0 spiro atoms. The van der Waals surface area contributed by atoms with E-state index in [4.69, 9.17) is 4.42 Å². The molecule has 1 aromatic heterocycles. The van der Waals surface area contributed by atoms with Crippen molar-refractivity contribution >= 4 is 17.5 Å². The maximum Gasteiger partial charge on any atom is 0.291 e. The van der Waals surface area contributed by atoms with Gasteiger partial charge in [0.05, 0.1) is 6.26 Å². The Kier molecular flexibility index (Phi) is 4.19. The van der Waals surface area contributed by atoms with Crippen molar-refractivity contribution in [3.8, 4) is 0 Å². The first kappa shape index (κ1) is 15.3. The van der Waals surface area contributed by atoms with Gasteiger partial charge in [0.15, 0.2) is 5.76 Å². The van der Waals surface area contributed by atoms with Gasteiger partial charge in [-0.05, 0) is 62.1 Å². The molecule has 120 valence electrons. The number of rotatable bonds is 5. The van der Waals surface area contributed by atoms with E-state index in [1.54, 1.807) is 41.3 Å². The molecule has 1 atom stereocenters. The van der Waals surface area contributed by atoms with Crippen LogP contribution in [-0.4, -0.2) is 29.8 Å². The summed E-state index contributed by atoms with van der Waals surface area (Å²) in [6.45, 7) is 2.09. The summed E-state index contributed by atoms with van der Waals surface area (Å²) in [7, 11) is 1.85. The maximum atomic E-state index is 12.5. The molecule has 2 aromatic rings. The van der Waals surface area contributed by atoms with Gasteiger partial charge in [-0.1, -0.05) is 0 Å². The van der Waals surface area contributed by atoms with Crippen molar-refractivity contribution in [1.29, 1.82) is 0 Å². The number of carbonyl (C=O) groups excluding carboxylic acids is 2. The second kappa shape index (κ2) is 6.28. The first-order valence-corrected chi connectivity index (χ1v) is 7.78. The predicted molar refractivity (Wildman–Crippen MR) is 87.4 cm³/mol. The number of anilines is 1. The fourth-order valence-electron chi connectivity index (χ4n) is 2.58. The second-order valence-corrected chi connectivity index (χ2v) is 6.00. The van der Waals surface area contributed by atoms with Crippen LogP contribution in [0.3, 0.4) is 0 Å². The number of furan rings is 1. The highest BCUT2D eigenvalue weighted by Gasteiger charge is 2.32. The van der Waals surface area contributed by atoms with Crippen LogP contribution in [0.15, 0.2) is 47.1 Å². The molecule has 0 bridgehead atoms. The maximum absolute atomic E-state index is 12.5. The molecule has 5 nitrogen and oxygen atoms in total. The number of nitrogens with one attached hydrogen (secondary N) is 1. The summed E-state index contributed by atoms with van der Waals surface area (Å²) in [6, 6.07) is 10.4. The van der Waals surface area contributed by atoms with E-state index >= 15 is 0 Å². The smallest absolute Gasteiger partial charge is 0.291 e. The van der Waals surface area contributed by atoms with Crippen LogP contribution in [0.2, 0.25) is 0 Å². The molecule has 2 amide bonds. The van der Waals surface area contributed by atoms with Crippen LogP contribution in [0.5, 0.6) is 0 Å². The average Bonchev–Trinajstić information content (AvgIpc) is 3.27. The third kappa shape index (κ3) is 3.44. The predicted octanol–water partition coefficient (Wildman–Crippen LogP) is 3.40. The summed E-state index contributed by atoms with van der Waals surface area (Å²) in [5.41, 5.74) is 1.25. The third-order valence-electron chi connectivity index (χ3n) is 4.37. The third-order valence-corrected chi connectivity index (χ3v) is 4.37. The van der Waals surface area contributed by atoms with E-state index in [1.807, 2.05) is 7.05 Å². The highest BCUT2D eigenvalue weighted by atomic mass is 16.3. The van der Waals surface area contributed by atoms with Gasteiger partial charge in [-0.2, -0.15) is 0 Å². The van der Waals surface area contributed by atoms with Gasteiger partial charge in [0.2, 0.25) is 0 Å². The first-order chi connectivity index (χ1) is 11.1. The van der Waals surface area contributed by atoms with E-state index in [2.05, 4.69) is 12.2 Å². The van der Waals surface area contributed by atoms with Crippen molar-refractivity contribution < 1.29 is 14.0 Å². The van der Waals surface area contributed by atoms with Crippen LogP contribution < -0.4 is 5.32 Å². The second-order valence-electron chi connectivity index (χ2n) is 6.00. The number of hydrogen-bond donors (Lipinski definition) is 1. The topological polar surface area (TPSA) is 62.6 Å². The van der Waals surface area contributed by atoms with Crippen molar-refractivity contribution in [3.05, 3.63) is 54.0 Å². The molecule has 0 saturated heterocycles. The molecule has 3 rings (SSSR count). The van der Waals surface area contributed by atoms with E-state index in [9.17, 15) is 9.59 Å². The zero-order valence-electron chi connectivity index (χ0n) is 13.3. The Morgan fingerprint density at radius 1 is 1.22 bits per heavy atom. The molecular weight excluding hydrogens is 292 g/mol. The van der Waals surface area contributed by atoms with Crippen LogP contribution in [0, 0.1) is 5.92 Å². The lowest BCUT2D eigenvalue weighted by atomic mass is 10.1. The molecule has 0 radical (unpaired) electrons. The molecule has 1 saturated carbocycles. The molecule has 1 aliphatic rings. The summed E-state index contributed by atoms with van der Waals surface area (Å²) in [6.07, 6.45) is 3.86. The van der Waals surface area contributed by atoms with Gasteiger partial charge in [-0.3, -0.25) is 9.59 Å². The molecule has 1 fully saturated rings. The molecule has 23 heavy (non-hydrogen) atoms. The Morgan fingerprint density at radius 2 is 1.91 bits per heavy atom. The molecule has 0 unspecified atom stereocenters. The Balaban J connectivity index is 1.64. The highest BCUT2D eigenvalue weighted by molar-refractivity contribution is 6.02. The quantitative estimate of drug-likeness (QED) is 0.920. The summed E-state index contributed by atoms with van der Waals surface area (Å²) < 4.78 is 5.04. The number of hydrogen-bond acceptors (Lipinski definition) is 3. The number of amides is 2. The average molecular weight is 312 g/mol. The molecule has 1 aromatic carbocycles. The lowest BCUT2D eigenvalue weighted by Gasteiger charge is -2.25. The number of benzene rings is 1. The van der Waals surface area contributed by atoms with Gasteiger partial charge in [0.25, 0.3) is 11.8 Å². The summed E-state index contributed by atoms with van der Waals surface area (Å²) in [5, 5.41) is 2.73. The fourth-order valence-corrected chi connectivity index (χ4v) is 2.58. The van der Waals surface area contributed by atoms with E-state index in [0.717, 1.165) is 0 Å². The zero-order chi connectivity index (χ0) is 16.4. The first-order valence-electron chi connectivity index (χ1n) is 7.78. The summed E-state index contributed by atoms with van der Waals surface area (Å²) >= 11 is 0. The van der Waals surface area contributed by atoms with Crippen LogP contribution >= 0.6 is 0 Å².